The first-order chi connectivity index (χ1) is 11.6. The SMILES string of the molecule is C=CCN1C[C@@]2(C(=O)O)CN(c3ncnc4c3CCC4)C[C@H]2C1=O. The number of aliphatic carboxylic acids is 1. The number of carbonyl (C=O) groups excluding carboxylic acids is 1. The number of fused-ring (bicyclic) bond motifs is 2. The Morgan fingerprint density at radius 3 is 2.96 bits per heavy atom. The van der Waals surface area contributed by atoms with E-state index >= 15 is 0 Å². The zero-order valence-electron chi connectivity index (χ0n) is 13.4. The van der Waals surface area contributed by atoms with Gasteiger partial charge >= 0.3 is 5.97 Å². The lowest BCUT2D eigenvalue weighted by molar-refractivity contribution is -0.149. The number of carbonyl (C=O) groups is 2. The lowest BCUT2D eigenvalue weighted by Gasteiger charge is -2.26. The number of hydrogen-bond acceptors (Lipinski definition) is 5. The van der Waals surface area contributed by atoms with Crippen molar-refractivity contribution in [3.8, 4) is 0 Å². The summed E-state index contributed by atoms with van der Waals surface area (Å²) in [6.07, 6.45) is 6.10. The molecular formula is C17H20N4O3. The van der Waals surface area contributed by atoms with Gasteiger partial charge in [-0.25, -0.2) is 9.97 Å². The van der Waals surface area contributed by atoms with Crippen LogP contribution in [0.3, 0.4) is 0 Å². The molecule has 3 aliphatic rings. The predicted molar refractivity (Wildman–Crippen MR) is 86.6 cm³/mol. The van der Waals surface area contributed by atoms with Crippen molar-refractivity contribution >= 4 is 17.7 Å². The largest absolute Gasteiger partial charge is 0.481 e. The standard InChI is InChI=1S/C17H20N4O3/c1-2-6-20-8-17(16(23)24)9-21(7-12(17)15(20)22)14-11-4-3-5-13(11)18-10-19-14/h2,10,12H,1,3-9H2,(H,23,24)/t12-,17+/m0/s1. The van der Waals surface area contributed by atoms with Crippen LogP contribution in [-0.4, -0.2) is 58.0 Å². The molecule has 2 atom stereocenters. The van der Waals surface area contributed by atoms with E-state index in [9.17, 15) is 14.7 Å². The fourth-order valence-corrected chi connectivity index (χ4v) is 4.39. The number of hydrogen-bond donors (Lipinski definition) is 1. The number of aromatic nitrogens is 2. The Morgan fingerprint density at radius 1 is 1.42 bits per heavy atom. The molecule has 2 fully saturated rings. The topological polar surface area (TPSA) is 86.6 Å². The smallest absolute Gasteiger partial charge is 0.314 e. The molecule has 1 aromatic heterocycles. The number of carboxylic acid groups (broad SMARTS) is 1. The fraction of sp³-hybridized carbons (Fsp3) is 0.529. The molecule has 0 bridgehead atoms. The Bertz CT molecular complexity index is 735. The van der Waals surface area contributed by atoms with Crippen LogP contribution in [0.2, 0.25) is 0 Å². The molecule has 2 aliphatic heterocycles. The molecule has 1 N–H and O–H groups in total. The summed E-state index contributed by atoms with van der Waals surface area (Å²) >= 11 is 0. The zero-order valence-corrected chi connectivity index (χ0v) is 13.4. The Kier molecular flexibility index (Phi) is 3.33. The second kappa shape index (κ2) is 5.29. The maximum atomic E-state index is 12.7. The van der Waals surface area contributed by atoms with Crippen LogP contribution < -0.4 is 4.90 Å². The third-order valence-corrected chi connectivity index (χ3v) is 5.55. The zero-order chi connectivity index (χ0) is 16.9. The monoisotopic (exact) mass is 328 g/mol. The molecule has 0 radical (unpaired) electrons. The average Bonchev–Trinajstić information content (AvgIpc) is 3.23. The first-order valence-corrected chi connectivity index (χ1v) is 8.27. The summed E-state index contributed by atoms with van der Waals surface area (Å²) in [4.78, 5) is 37.0. The van der Waals surface area contributed by atoms with E-state index in [2.05, 4.69) is 16.5 Å². The summed E-state index contributed by atoms with van der Waals surface area (Å²) in [5.41, 5.74) is 1.12. The van der Waals surface area contributed by atoms with E-state index in [1.807, 2.05) is 4.90 Å². The third-order valence-electron chi connectivity index (χ3n) is 5.55. The van der Waals surface area contributed by atoms with Crippen LogP contribution in [0.25, 0.3) is 0 Å². The van der Waals surface area contributed by atoms with Crippen molar-refractivity contribution in [1.82, 2.24) is 14.9 Å². The van der Waals surface area contributed by atoms with Gasteiger partial charge in [0.05, 0.1) is 5.92 Å². The van der Waals surface area contributed by atoms with Crippen LogP contribution >= 0.6 is 0 Å². The first-order valence-electron chi connectivity index (χ1n) is 8.27. The van der Waals surface area contributed by atoms with E-state index in [0.717, 1.165) is 36.3 Å². The molecule has 0 aromatic carbocycles. The van der Waals surface area contributed by atoms with Crippen LogP contribution in [0.1, 0.15) is 17.7 Å². The highest BCUT2D eigenvalue weighted by Crippen LogP contribution is 2.45. The molecular weight excluding hydrogens is 308 g/mol. The summed E-state index contributed by atoms with van der Waals surface area (Å²) in [6.45, 7) is 5.01. The van der Waals surface area contributed by atoms with Gasteiger partial charge in [-0.3, -0.25) is 9.59 Å². The summed E-state index contributed by atoms with van der Waals surface area (Å²) in [5, 5.41) is 9.87. The Hall–Kier alpha value is -2.44. The number of nitrogens with zero attached hydrogens (tertiary/aromatic N) is 4. The number of amides is 1. The van der Waals surface area contributed by atoms with Crippen LogP contribution in [0.4, 0.5) is 5.82 Å². The van der Waals surface area contributed by atoms with Crippen molar-refractivity contribution in [1.29, 1.82) is 0 Å². The van der Waals surface area contributed by atoms with Gasteiger partial charge in [0.2, 0.25) is 5.91 Å². The van der Waals surface area contributed by atoms with Gasteiger partial charge in [-0.2, -0.15) is 0 Å². The first kappa shape index (κ1) is 15.1. The van der Waals surface area contributed by atoms with Gasteiger partial charge in [0.1, 0.15) is 17.6 Å². The minimum atomic E-state index is -1.06. The highest BCUT2D eigenvalue weighted by Gasteiger charge is 2.62. The van der Waals surface area contributed by atoms with Gasteiger partial charge in [0.25, 0.3) is 0 Å². The number of carboxylic acids is 1. The Balaban J connectivity index is 1.68. The van der Waals surface area contributed by atoms with Gasteiger partial charge < -0.3 is 14.9 Å². The molecule has 1 aliphatic carbocycles. The van der Waals surface area contributed by atoms with Crippen molar-refractivity contribution in [2.45, 2.75) is 19.3 Å². The predicted octanol–water partition coefficient (Wildman–Crippen LogP) is 0.501. The van der Waals surface area contributed by atoms with Crippen LogP contribution in [0.15, 0.2) is 19.0 Å². The highest BCUT2D eigenvalue weighted by molar-refractivity contribution is 5.93. The van der Waals surface area contributed by atoms with Crippen molar-refractivity contribution in [2.24, 2.45) is 11.3 Å². The number of aryl methyl sites for hydroxylation is 1. The number of anilines is 1. The normalized spacial score (nSPS) is 28.2. The maximum Gasteiger partial charge on any atom is 0.314 e. The van der Waals surface area contributed by atoms with Crippen molar-refractivity contribution in [2.75, 3.05) is 31.1 Å². The van der Waals surface area contributed by atoms with Gasteiger partial charge in [-0.05, 0) is 19.3 Å². The van der Waals surface area contributed by atoms with E-state index in [1.165, 1.54) is 0 Å². The Morgan fingerprint density at radius 2 is 2.25 bits per heavy atom. The van der Waals surface area contributed by atoms with Gasteiger partial charge in [-0.15, -0.1) is 6.58 Å². The molecule has 2 saturated heterocycles. The van der Waals surface area contributed by atoms with Crippen LogP contribution in [0.5, 0.6) is 0 Å². The molecule has 126 valence electrons. The molecule has 7 heteroatoms. The molecule has 1 amide bonds. The summed E-state index contributed by atoms with van der Waals surface area (Å²) < 4.78 is 0. The van der Waals surface area contributed by atoms with Crippen LogP contribution in [-0.2, 0) is 22.4 Å². The molecule has 0 unspecified atom stereocenters. The van der Waals surface area contributed by atoms with E-state index in [0.29, 0.717) is 19.6 Å². The lowest BCUT2D eigenvalue weighted by Crippen LogP contribution is -2.41. The van der Waals surface area contributed by atoms with Gasteiger partial charge in [0.15, 0.2) is 0 Å². The summed E-state index contributed by atoms with van der Waals surface area (Å²) in [6, 6.07) is 0. The van der Waals surface area contributed by atoms with Crippen molar-refractivity contribution in [3.05, 3.63) is 30.2 Å². The second-order valence-corrected chi connectivity index (χ2v) is 6.88. The Labute approximate surface area is 140 Å². The van der Waals surface area contributed by atoms with Gasteiger partial charge in [0, 0.05) is 37.4 Å². The quantitative estimate of drug-likeness (QED) is 0.810. The molecule has 0 saturated carbocycles. The lowest BCUT2D eigenvalue weighted by atomic mass is 9.81. The summed E-state index contributed by atoms with van der Waals surface area (Å²) in [5.74, 6) is -0.705. The molecule has 1 aromatic rings. The highest BCUT2D eigenvalue weighted by atomic mass is 16.4. The van der Waals surface area contributed by atoms with E-state index in [1.54, 1.807) is 17.3 Å². The summed E-state index contributed by atoms with van der Waals surface area (Å²) in [7, 11) is 0. The minimum Gasteiger partial charge on any atom is -0.481 e. The average molecular weight is 328 g/mol. The minimum absolute atomic E-state index is 0.0921. The van der Waals surface area contributed by atoms with E-state index in [-0.39, 0.29) is 12.5 Å². The molecule has 0 spiro atoms. The number of likely N-dealkylation sites (tertiary alicyclic amines) is 1. The molecule has 4 rings (SSSR count). The van der Waals surface area contributed by atoms with Crippen molar-refractivity contribution < 1.29 is 14.7 Å². The maximum absolute atomic E-state index is 12.7. The van der Waals surface area contributed by atoms with E-state index < -0.39 is 17.3 Å². The second-order valence-electron chi connectivity index (χ2n) is 6.88. The van der Waals surface area contributed by atoms with E-state index in [4.69, 9.17) is 0 Å². The van der Waals surface area contributed by atoms with Gasteiger partial charge in [-0.1, -0.05) is 6.08 Å². The molecule has 3 heterocycles. The molecule has 24 heavy (non-hydrogen) atoms. The third kappa shape index (κ3) is 1.96. The van der Waals surface area contributed by atoms with Crippen molar-refractivity contribution in [3.63, 3.8) is 0 Å². The number of rotatable bonds is 4. The fourth-order valence-electron chi connectivity index (χ4n) is 4.39. The van der Waals surface area contributed by atoms with Crippen LogP contribution in [0, 0.1) is 11.3 Å². The molecule has 7 nitrogen and oxygen atoms in total.